The lowest BCUT2D eigenvalue weighted by Gasteiger charge is -2.17. The maximum absolute atomic E-state index is 10.9. The minimum Gasteiger partial charge on any atom is -0.477 e. The van der Waals surface area contributed by atoms with Gasteiger partial charge >= 0.3 is 5.97 Å². The molecule has 1 saturated heterocycles. The Balaban J connectivity index is 2.05. The summed E-state index contributed by atoms with van der Waals surface area (Å²) >= 11 is 0. The largest absolute Gasteiger partial charge is 0.477 e. The number of aromatic nitrogens is 2. The standard InChI is InChI=1S/C12H13N3O2/c16-12(17)10-8-13-11-7-9(3-6-15(10)11)14-4-1-2-5-14/h3,6-8H,1-2,4-5H2,(H,16,17). The second kappa shape index (κ2) is 3.76. The van der Waals surface area contributed by atoms with Crippen LogP contribution in [0.4, 0.5) is 5.69 Å². The van der Waals surface area contributed by atoms with Crippen LogP contribution in [0, 0.1) is 0 Å². The van der Waals surface area contributed by atoms with E-state index in [9.17, 15) is 4.79 Å². The van der Waals surface area contributed by atoms with Crippen molar-refractivity contribution in [3.8, 4) is 0 Å². The predicted octanol–water partition coefficient (Wildman–Crippen LogP) is 1.63. The zero-order valence-electron chi connectivity index (χ0n) is 9.33. The molecular weight excluding hydrogens is 218 g/mol. The fourth-order valence-corrected chi connectivity index (χ4v) is 2.30. The summed E-state index contributed by atoms with van der Waals surface area (Å²) in [5.74, 6) is -0.952. The van der Waals surface area contributed by atoms with E-state index < -0.39 is 5.97 Å². The van der Waals surface area contributed by atoms with Crippen LogP contribution < -0.4 is 4.90 Å². The molecule has 17 heavy (non-hydrogen) atoms. The first-order chi connectivity index (χ1) is 8.25. The summed E-state index contributed by atoms with van der Waals surface area (Å²) in [6.45, 7) is 2.14. The van der Waals surface area contributed by atoms with Gasteiger partial charge in [0.1, 0.15) is 5.65 Å². The Morgan fingerprint density at radius 3 is 2.82 bits per heavy atom. The van der Waals surface area contributed by atoms with Gasteiger partial charge in [0.15, 0.2) is 5.69 Å². The number of imidazole rings is 1. The van der Waals surface area contributed by atoms with Gasteiger partial charge in [-0.05, 0) is 18.9 Å². The summed E-state index contributed by atoms with van der Waals surface area (Å²) in [4.78, 5) is 17.4. The number of hydrogen-bond donors (Lipinski definition) is 1. The SMILES string of the molecule is O=C(O)c1cnc2cc(N3CCCC3)ccn12. The minimum atomic E-state index is -0.952. The van der Waals surface area contributed by atoms with Crippen molar-refractivity contribution in [3.63, 3.8) is 0 Å². The first-order valence-electron chi connectivity index (χ1n) is 5.71. The van der Waals surface area contributed by atoms with Crippen molar-refractivity contribution in [2.45, 2.75) is 12.8 Å². The third-order valence-electron chi connectivity index (χ3n) is 3.19. The quantitative estimate of drug-likeness (QED) is 0.853. The van der Waals surface area contributed by atoms with Crippen LogP contribution in [0.15, 0.2) is 24.5 Å². The van der Waals surface area contributed by atoms with Crippen LogP contribution in [0.2, 0.25) is 0 Å². The molecule has 0 aromatic carbocycles. The van der Waals surface area contributed by atoms with Crippen molar-refractivity contribution < 1.29 is 9.90 Å². The van der Waals surface area contributed by atoms with Gasteiger partial charge in [-0.2, -0.15) is 0 Å². The van der Waals surface area contributed by atoms with Crippen LogP contribution in [0.1, 0.15) is 23.3 Å². The molecule has 1 aliphatic heterocycles. The number of pyridine rings is 1. The van der Waals surface area contributed by atoms with E-state index in [0.717, 1.165) is 18.8 Å². The highest BCUT2D eigenvalue weighted by Crippen LogP contribution is 2.21. The second-order valence-corrected chi connectivity index (χ2v) is 4.26. The van der Waals surface area contributed by atoms with Crippen molar-refractivity contribution >= 4 is 17.3 Å². The smallest absolute Gasteiger partial charge is 0.354 e. The predicted molar refractivity (Wildman–Crippen MR) is 63.6 cm³/mol. The second-order valence-electron chi connectivity index (χ2n) is 4.26. The topological polar surface area (TPSA) is 57.8 Å². The molecule has 3 heterocycles. The maximum Gasteiger partial charge on any atom is 0.354 e. The van der Waals surface area contributed by atoms with E-state index in [-0.39, 0.29) is 5.69 Å². The third kappa shape index (κ3) is 1.63. The molecule has 1 aliphatic rings. The van der Waals surface area contributed by atoms with E-state index in [1.54, 1.807) is 10.6 Å². The Morgan fingerprint density at radius 2 is 2.12 bits per heavy atom. The zero-order valence-corrected chi connectivity index (χ0v) is 9.33. The molecule has 0 unspecified atom stereocenters. The molecule has 0 atom stereocenters. The van der Waals surface area contributed by atoms with Crippen molar-refractivity contribution in [1.29, 1.82) is 0 Å². The summed E-state index contributed by atoms with van der Waals surface area (Å²) in [6.07, 6.45) is 5.62. The first-order valence-corrected chi connectivity index (χ1v) is 5.71. The number of nitrogens with zero attached hydrogens (tertiary/aromatic N) is 3. The van der Waals surface area contributed by atoms with Gasteiger partial charge in [-0.3, -0.25) is 4.40 Å². The van der Waals surface area contributed by atoms with E-state index in [1.807, 2.05) is 12.1 Å². The molecule has 0 saturated carbocycles. The molecule has 0 spiro atoms. The molecule has 0 bridgehead atoms. The average Bonchev–Trinajstić information content (AvgIpc) is 2.97. The summed E-state index contributed by atoms with van der Waals surface area (Å²) < 4.78 is 1.60. The van der Waals surface area contributed by atoms with Crippen LogP contribution in [0.3, 0.4) is 0 Å². The first kappa shape index (κ1) is 10.1. The Morgan fingerprint density at radius 1 is 1.35 bits per heavy atom. The van der Waals surface area contributed by atoms with Crippen LogP contribution in [-0.4, -0.2) is 33.6 Å². The van der Waals surface area contributed by atoms with E-state index >= 15 is 0 Å². The number of hydrogen-bond acceptors (Lipinski definition) is 3. The Kier molecular flexibility index (Phi) is 2.24. The van der Waals surface area contributed by atoms with Gasteiger partial charge < -0.3 is 10.0 Å². The number of rotatable bonds is 2. The molecule has 1 fully saturated rings. The van der Waals surface area contributed by atoms with Gasteiger partial charge in [0, 0.05) is 31.0 Å². The van der Waals surface area contributed by atoms with Crippen LogP contribution >= 0.6 is 0 Å². The van der Waals surface area contributed by atoms with Crippen molar-refractivity contribution in [1.82, 2.24) is 9.38 Å². The molecule has 0 radical (unpaired) electrons. The van der Waals surface area contributed by atoms with Gasteiger partial charge in [-0.25, -0.2) is 9.78 Å². The average molecular weight is 231 g/mol. The highest BCUT2D eigenvalue weighted by atomic mass is 16.4. The fraction of sp³-hybridized carbons (Fsp3) is 0.333. The van der Waals surface area contributed by atoms with E-state index in [2.05, 4.69) is 9.88 Å². The Labute approximate surface area is 98.3 Å². The normalized spacial score (nSPS) is 15.6. The lowest BCUT2D eigenvalue weighted by molar-refractivity contribution is 0.0689. The molecule has 2 aromatic heterocycles. The number of carbonyl (C=O) groups is 1. The van der Waals surface area contributed by atoms with Crippen LogP contribution in [-0.2, 0) is 0 Å². The fourth-order valence-electron chi connectivity index (χ4n) is 2.30. The van der Waals surface area contributed by atoms with Gasteiger partial charge in [0.2, 0.25) is 0 Å². The molecule has 1 N–H and O–H groups in total. The third-order valence-corrected chi connectivity index (χ3v) is 3.19. The van der Waals surface area contributed by atoms with Gasteiger partial charge in [0.25, 0.3) is 0 Å². The van der Waals surface area contributed by atoms with Crippen molar-refractivity contribution in [3.05, 3.63) is 30.2 Å². The molecular formula is C12H13N3O2. The summed E-state index contributed by atoms with van der Waals surface area (Å²) in [6, 6.07) is 3.89. The number of fused-ring (bicyclic) bond motifs is 1. The summed E-state index contributed by atoms with van der Waals surface area (Å²) in [5, 5.41) is 8.98. The summed E-state index contributed by atoms with van der Waals surface area (Å²) in [5.41, 5.74) is 2.01. The van der Waals surface area contributed by atoms with E-state index in [0.29, 0.717) is 5.65 Å². The number of anilines is 1. The Bertz CT molecular complexity index is 570. The van der Waals surface area contributed by atoms with Crippen molar-refractivity contribution in [2.24, 2.45) is 0 Å². The maximum atomic E-state index is 10.9. The van der Waals surface area contributed by atoms with Crippen molar-refractivity contribution in [2.75, 3.05) is 18.0 Å². The molecule has 0 amide bonds. The Hall–Kier alpha value is -2.04. The van der Waals surface area contributed by atoms with Crippen LogP contribution in [0.5, 0.6) is 0 Å². The van der Waals surface area contributed by atoms with Crippen LogP contribution in [0.25, 0.3) is 5.65 Å². The van der Waals surface area contributed by atoms with Gasteiger partial charge in [0.05, 0.1) is 6.20 Å². The lowest BCUT2D eigenvalue weighted by atomic mass is 10.3. The molecule has 3 rings (SSSR count). The highest BCUT2D eigenvalue weighted by molar-refractivity contribution is 5.86. The minimum absolute atomic E-state index is 0.202. The number of aromatic carboxylic acids is 1. The van der Waals surface area contributed by atoms with Gasteiger partial charge in [-0.1, -0.05) is 0 Å². The molecule has 88 valence electrons. The van der Waals surface area contributed by atoms with E-state index in [4.69, 9.17) is 5.11 Å². The molecule has 2 aromatic rings. The highest BCUT2D eigenvalue weighted by Gasteiger charge is 2.15. The van der Waals surface area contributed by atoms with Gasteiger partial charge in [-0.15, -0.1) is 0 Å². The molecule has 5 nitrogen and oxygen atoms in total. The summed E-state index contributed by atoms with van der Waals surface area (Å²) in [7, 11) is 0. The van der Waals surface area contributed by atoms with E-state index in [1.165, 1.54) is 19.0 Å². The molecule has 0 aliphatic carbocycles. The molecule has 5 heteroatoms. The zero-order chi connectivity index (χ0) is 11.8. The number of carboxylic acid groups (broad SMARTS) is 1. The monoisotopic (exact) mass is 231 g/mol. The lowest BCUT2D eigenvalue weighted by Crippen LogP contribution is -2.17. The number of carboxylic acids is 1.